The second-order valence-electron chi connectivity index (χ2n) is 8.05. The van der Waals surface area contributed by atoms with Crippen molar-refractivity contribution in [2.45, 2.75) is 12.5 Å². The highest BCUT2D eigenvalue weighted by molar-refractivity contribution is 6.07. The highest BCUT2D eigenvalue weighted by Gasteiger charge is 2.15. The van der Waals surface area contributed by atoms with Crippen molar-refractivity contribution in [2.75, 3.05) is 5.32 Å². The van der Waals surface area contributed by atoms with Crippen molar-refractivity contribution in [1.82, 2.24) is 0 Å². The zero-order valence-corrected chi connectivity index (χ0v) is 18.7. The molecule has 0 radical (unpaired) electrons. The number of nitrogens with one attached hydrogen (secondary N) is 1. The molecular weight excluding hydrogens is 420 g/mol. The number of carbonyl (C=O) groups is 2. The number of nitrogens with two attached hydrogens (primary N) is 1. The monoisotopic (exact) mass is 446 g/mol. The lowest BCUT2D eigenvalue weighted by molar-refractivity contribution is -0.117. The molecule has 0 fully saturated rings. The summed E-state index contributed by atoms with van der Waals surface area (Å²) in [6, 6.07) is 34.0. The average Bonchev–Trinajstić information content (AvgIpc) is 2.89. The molecule has 4 rings (SSSR count). The van der Waals surface area contributed by atoms with Gasteiger partial charge >= 0.3 is 0 Å². The van der Waals surface area contributed by atoms with Crippen LogP contribution in [0.1, 0.15) is 21.5 Å². The van der Waals surface area contributed by atoms with Gasteiger partial charge in [-0.25, -0.2) is 0 Å². The van der Waals surface area contributed by atoms with Crippen LogP contribution in [0.2, 0.25) is 0 Å². The molecule has 0 saturated heterocycles. The van der Waals surface area contributed by atoms with Crippen molar-refractivity contribution in [3.05, 3.63) is 132 Å². The molecule has 4 aromatic carbocycles. The van der Waals surface area contributed by atoms with Gasteiger partial charge in [0, 0.05) is 11.3 Å². The fourth-order valence-electron chi connectivity index (χ4n) is 3.63. The minimum atomic E-state index is -0.680. The number of carbonyl (C=O) groups excluding carboxylic acids is 2. The predicted molar refractivity (Wildman–Crippen MR) is 138 cm³/mol. The highest BCUT2D eigenvalue weighted by atomic mass is 16.2. The lowest BCUT2D eigenvalue weighted by atomic mass is 10.0. The maximum atomic E-state index is 12.7. The fraction of sp³-hybridized carbons (Fsp3) is 0.0667. The van der Waals surface area contributed by atoms with Gasteiger partial charge in [-0.1, -0.05) is 103 Å². The van der Waals surface area contributed by atoms with Crippen LogP contribution >= 0.6 is 0 Å². The summed E-state index contributed by atoms with van der Waals surface area (Å²) in [7, 11) is 0. The molecule has 0 saturated carbocycles. The van der Waals surface area contributed by atoms with E-state index < -0.39 is 6.04 Å². The lowest BCUT2D eigenvalue weighted by Gasteiger charge is -2.13. The largest absolute Gasteiger partial charge is 0.325 e. The molecule has 0 aliphatic carbocycles. The SMILES string of the molecule is NC(Cc1ccccc1)C(=O)Nc1cccc(C(=O)/C=C/c2ccc(-c3ccccc3)cc2)c1. The molecule has 4 aromatic rings. The number of amides is 1. The topological polar surface area (TPSA) is 72.2 Å². The Labute approximate surface area is 199 Å². The summed E-state index contributed by atoms with van der Waals surface area (Å²) in [5, 5.41) is 2.81. The molecule has 4 nitrogen and oxygen atoms in total. The Morgan fingerprint density at radius 1 is 0.765 bits per heavy atom. The van der Waals surface area contributed by atoms with E-state index in [1.807, 2.05) is 72.8 Å². The molecule has 0 aliphatic rings. The normalized spacial score (nSPS) is 11.8. The van der Waals surface area contributed by atoms with Crippen molar-refractivity contribution < 1.29 is 9.59 Å². The third-order valence-corrected chi connectivity index (χ3v) is 5.49. The highest BCUT2D eigenvalue weighted by Crippen LogP contribution is 2.20. The van der Waals surface area contributed by atoms with Crippen LogP contribution in [0.4, 0.5) is 5.69 Å². The Morgan fingerprint density at radius 3 is 2.12 bits per heavy atom. The predicted octanol–water partition coefficient (Wildman–Crippen LogP) is 5.76. The van der Waals surface area contributed by atoms with Gasteiger partial charge in [-0.15, -0.1) is 0 Å². The molecule has 0 bridgehead atoms. The summed E-state index contributed by atoms with van der Waals surface area (Å²) >= 11 is 0. The summed E-state index contributed by atoms with van der Waals surface area (Å²) in [6.07, 6.45) is 3.77. The van der Waals surface area contributed by atoms with Gasteiger partial charge in [-0.2, -0.15) is 0 Å². The van der Waals surface area contributed by atoms with E-state index in [1.165, 1.54) is 0 Å². The Hall–Kier alpha value is -4.28. The number of hydrogen-bond donors (Lipinski definition) is 2. The van der Waals surface area contributed by atoms with E-state index in [0.29, 0.717) is 17.7 Å². The molecular formula is C30H26N2O2. The summed E-state index contributed by atoms with van der Waals surface area (Å²) in [4.78, 5) is 25.2. The number of rotatable bonds is 8. The van der Waals surface area contributed by atoms with Gasteiger partial charge in [0.2, 0.25) is 5.91 Å². The van der Waals surface area contributed by atoms with Crippen molar-refractivity contribution in [1.29, 1.82) is 0 Å². The summed E-state index contributed by atoms with van der Waals surface area (Å²) in [5.74, 6) is -0.431. The van der Waals surface area contributed by atoms with Crippen molar-refractivity contribution >= 4 is 23.5 Å². The maximum Gasteiger partial charge on any atom is 0.241 e. The second kappa shape index (κ2) is 11.0. The first-order chi connectivity index (χ1) is 16.6. The molecule has 1 amide bonds. The van der Waals surface area contributed by atoms with E-state index in [1.54, 1.807) is 36.4 Å². The number of hydrogen-bond acceptors (Lipinski definition) is 3. The van der Waals surface area contributed by atoms with Crippen LogP contribution in [-0.2, 0) is 11.2 Å². The summed E-state index contributed by atoms with van der Waals surface area (Å²) < 4.78 is 0. The molecule has 168 valence electrons. The molecule has 0 aromatic heterocycles. The minimum Gasteiger partial charge on any atom is -0.325 e. The molecule has 34 heavy (non-hydrogen) atoms. The van der Waals surface area contributed by atoms with Crippen molar-refractivity contribution in [3.8, 4) is 11.1 Å². The fourth-order valence-corrected chi connectivity index (χ4v) is 3.63. The molecule has 0 aliphatic heterocycles. The third kappa shape index (κ3) is 6.15. The molecule has 3 N–H and O–H groups in total. The first-order valence-corrected chi connectivity index (χ1v) is 11.2. The summed E-state index contributed by atoms with van der Waals surface area (Å²) in [5.41, 5.74) is 11.3. The average molecular weight is 447 g/mol. The van der Waals surface area contributed by atoms with Crippen LogP contribution < -0.4 is 11.1 Å². The Bertz CT molecular complexity index is 1280. The standard InChI is InChI=1S/C30H26N2O2/c31-28(20-23-8-3-1-4-9-23)30(34)32-27-13-7-12-26(21-27)29(33)19-16-22-14-17-25(18-15-22)24-10-5-2-6-11-24/h1-19,21,28H,20,31H2,(H,32,34)/b19-16+. The van der Waals surface area contributed by atoms with Crippen LogP contribution in [0.25, 0.3) is 17.2 Å². The number of anilines is 1. The van der Waals surface area contributed by atoms with Crippen molar-refractivity contribution in [3.63, 3.8) is 0 Å². The zero-order valence-electron chi connectivity index (χ0n) is 18.7. The van der Waals surface area contributed by atoms with E-state index in [0.717, 1.165) is 22.3 Å². The number of allylic oxidation sites excluding steroid dienone is 1. The molecule has 4 heteroatoms. The van der Waals surface area contributed by atoms with E-state index in [2.05, 4.69) is 17.4 Å². The van der Waals surface area contributed by atoms with E-state index >= 15 is 0 Å². The smallest absolute Gasteiger partial charge is 0.241 e. The first kappa shape index (κ1) is 22.9. The molecule has 0 heterocycles. The van der Waals surface area contributed by atoms with Gasteiger partial charge in [-0.3, -0.25) is 9.59 Å². The number of benzene rings is 4. The molecule has 0 spiro atoms. The van der Waals surface area contributed by atoms with Gasteiger partial charge in [0.25, 0.3) is 0 Å². The van der Waals surface area contributed by atoms with Gasteiger partial charge < -0.3 is 11.1 Å². The Balaban J connectivity index is 1.37. The van der Waals surface area contributed by atoms with E-state index in [9.17, 15) is 9.59 Å². The van der Waals surface area contributed by atoms with Gasteiger partial charge in [0.1, 0.15) is 0 Å². The first-order valence-electron chi connectivity index (χ1n) is 11.2. The van der Waals surface area contributed by atoms with Crippen LogP contribution in [0.15, 0.2) is 115 Å². The second-order valence-corrected chi connectivity index (χ2v) is 8.05. The van der Waals surface area contributed by atoms with Crippen LogP contribution in [-0.4, -0.2) is 17.7 Å². The van der Waals surface area contributed by atoms with Gasteiger partial charge in [-0.05, 0) is 46.9 Å². The van der Waals surface area contributed by atoms with Crippen LogP contribution in [0, 0.1) is 0 Å². The van der Waals surface area contributed by atoms with E-state index in [4.69, 9.17) is 5.73 Å². The Kier molecular flexibility index (Phi) is 7.43. The minimum absolute atomic E-state index is 0.142. The third-order valence-electron chi connectivity index (χ3n) is 5.49. The quantitative estimate of drug-likeness (QED) is 0.267. The zero-order chi connectivity index (χ0) is 23.8. The number of ketones is 1. The van der Waals surface area contributed by atoms with Crippen molar-refractivity contribution in [2.24, 2.45) is 5.73 Å². The van der Waals surface area contributed by atoms with Gasteiger partial charge in [0.15, 0.2) is 5.78 Å². The van der Waals surface area contributed by atoms with E-state index in [-0.39, 0.29) is 11.7 Å². The molecule has 1 unspecified atom stereocenters. The maximum absolute atomic E-state index is 12.7. The Morgan fingerprint density at radius 2 is 1.41 bits per heavy atom. The molecule has 1 atom stereocenters. The lowest BCUT2D eigenvalue weighted by Crippen LogP contribution is -2.37. The summed E-state index contributed by atoms with van der Waals surface area (Å²) in [6.45, 7) is 0. The van der Waals surface area contributed by atoms with Crippen LogP contribution in [0.3, 0.4) is 0 Å². The van der Waals surface area contributed by atoms with Crippen LogP contribution in [0.5, 0.6) is 0 Å². The van der Waals surface area contributed by atoms with Gasteiger partial charge in [0.05, 0.1) is 6.04 Å².